The highest BCUT2D eigenvalue weighted by molar-refractivity contribution is 5.81. The van der Waals surface area contributed by atoms with Crippen molar-refractivity contribution >= 4 is 11.9 Å². The second-order valence-electron chi connectivity index (χ2n) is 6.55. The lowest BCUT2D eigenvalue weighted by Crippen LogP contribution is -2.21. The average molecular weight is 333 g/mol. The molecule has 0 aliphatic carbocycles. The van der Waals surface area contributed by atoms with Crippen molar-refractivity contribution in [3.8, 4) is 0 Å². The van der Waals surface area contributed by atoms with Crippen molar-refractivity contribution in [2.24, 2.45) is 16.6 Å². The number of hydrogen-bond donors (Lipinski definition) is 2. The molecular weight excluding hydrogens is 301 g/mol. The SMILES string of the molecule is CCC(CC)CCNC/C(C=Nc1cc(F)cc(C(C)C)c1)=C/N. The van der Waals surface area contributed by atoms with Crippen LogP contribution in [0.25, 0.3) is 0 Å². The van der Waals surface area contributed by atoms with Gasteiger partial charge in [0.1, 0.15) is 5.82 Å². The molecule has 3 nitrogen and oxygen atoms in total. The van der Waals surface area contributed by atoms with Crippen LogP contribution in [0, 0.1) is 11.7 Å². The predicted octanol–water partition coefficient (Wildman–Crippen LogP) is 4.91. The molecule has 0 saturated carbocycles. The van der Waals surface area contributed by atoms with Crippen LogP contribution in [0.2, 0.25) is 0 Å². The molecule has 134 valence electrons. The van der Waals surface area contributed by atoms with E-state index in [2.05, 4.69) is 24.2 Å². The number of hydrogen-bond acceptors (Lipinski definition) is 3. The Bertz CT molecular complexity index is 546. The minimum Gasteiger partial charge on any atom is -0.404 e. The Balaban J connectivity index is 2.58. The first-order chi connectivity index (χ1) is 11.5. The van der Waals surface area contributed by atoms with Crippen molar-refractivity contribution < 1.29 is 4.39 Å². The van der Waals surface area contributed by atoms with Crippen molar-refractivity contribution in [2.75, 3.05) is 13.1 Å². The van der Waals surface area contributed by atoms with Gasteiger partial charge in [0.25, 0.3) is 0 Å². The first-order valence-electron chi connectivity index (χ1n) is 8.96. The van der Waals surface area contributed by atoms with Gasteiger partial charge in [-0.25, -0.2) is 4.39 Å². The van der Waals surface area contributed by atoms with Crippen LogP contribution in [-0.4, -0.2) is 19.3 Å². The van der Waals surface area contributed by atoms with Crippen LogP contribution in [0.15, 0.2) is 35.0 Å². The molecule has 0 spiro atoms. The molecule has 3 N–H and O–H groups in total. The monoisotopic (exact) mass is 333 g/mol. The molecule has 1 rings (SSSR count). The van der Waals surface area contributed by atoms with Gasteiger partial charge in [0.2, 0.25) is 0 Å². The third-order valence-corrected chi connectivity index (χ3v) is 4.38. The van der Waals surface area contributed by atoms with Gasteiger partial charge in [-0.15, -0.1) is 0 Å². The summed E-state index contributed by atoms with van der Waals surface area (Å²) in [5, 5.41) is 3.40. The lowest BCUT2D eigenvalue weighted by Gasteiger charge is -2.12. The number of halogens is 1. The van der Waals surface area contributed by atoms with E-state index in [4.69, 9.17) is 5.73 Å². The van der Waals surface area contributed by atoms with Gasteiger partial charge in [0, 0.05) is 12.8 Å². The highest BCUT2D eigenvalue weighted by Crippen LogP contribution is 2.22. The summed E-state index contributed by atoms with van der Waals surface area (Å²) in [5.41, 5.74) is 8.14. The second kappa shape index (κ2) is 11.0. The molecule has 1 aromatic rings. The maximum absolute atomic E-state index is 13.7. The van der Waals surface area contributed by atoms with E-state index in [-0.39, 0.29) is 11.7 Å². The zero-order valence-corrected chi connectivity index (χ0v) is 15.5. The van der Waals surface area contributed by atoms with Crippen LogP contribution >= 0.6 is 0 Å². The van der Waals surface area contributed by atoms with E-state index < -0.39 is 0 Å². The standard InChI is InChI=1S/C20H32FN3/c1-5-16(6-2)7-8-23-13-17(12-22)14-24-20-10-18(15(3)4)9-19(21)11-20/h9-12,14-16,23H,5-8,13,22H2,1-4H3/b17-12-,24-14?. The molecule has 0 radical (unpaired) electrons. The Labute approximate surface area is 146 Å². The van der Waals surface area contributed by atoms with E-state index in [9.17, 15) is 4.39 Å². The van der Waals surface area contributed by atoms with Crippen LogP contribution in [0.4, 0.5) is 10.1 Å². The summed E-state index contributed by atoms with van der Waals surface area (Å²) < 4.78 is 13.7. The molecule has 4 heteroatoms. The summed E-state index contributed by atoms with van der Waals surface area (Å²) in [6, 6.07) is 4.92. The molecule has 0 aliphatic heterocycles. The van der Waals surface area contributed by atoms with Gasteiger partial charge < -0.3 is 11.1 Å². The Morgan fingerprint density at radius 2 is 1.96 bits per heavy atom. The van der Waals surface area contributed by atoms with Gasteiger partial charge >= 0.3 is 0 Å². The minimum atomic E-state index is -0.255. The molecule has 0 unspecified atom stereocenters. The van der Waals surface area contributed by atoms with Crippen LogP contribution in [0.3, 0.4) is 0 Å². The Morgan fingerprint density at radius 1 is 1.25 bits per heavy atom. The van der Waals surface area contributed by atoms with E-state index in [0.29, 0.717) is 12.2 Å². The maximum Gasteiger partial charge on any atom is 0.125 e. The smallest absolute Gasteiger partial charge is 0.125 e. The van der Waals surface area contributed by atoms with Crippen LogP contribution in [-0.2, 0) is 0 Å². The first-order valence-corrected chi connectivity index (χ1v) is 8.96. The second-order valence-corrected chi connectivity index (χ2v) is 6.55. The van der Waals surface area contributed by atoms with Gasteiger partial charge in [0.05, 0.1) is 5.69 Å². The molecule has 0 aliphatic rings. The molecule has 0 aromatic heterocycles. The summed E-state index contributed by atoms with van der Waals surface area (Å²) in [7, 11) is 0. The molecule has 0 amide bonds. The fraction of sp³-hybridized carbons (Fsp3) is 0.550. The Kier molecular flexibility index (Phi) is 9.31. The van der Waals surface area contributed by atoms with Crippen LogP contribution in [0.1, 0.15) is 58.4 Å². The summed E-state index contributed by atoms with van der Waals surface area (Å²) in [6.45, 7) is 10.2. The number of nitrogens with zero attached hydrogens (tertiary/aromatic N) is 1. The predicted molar refractivity (Wildman–Crippen MR) is 102 cm³/mol. The van der Waals surface area contributed by atoms with Crippen molar-refractivity contribution in [2.45, 2.75) is 52.9 Å². The zero-order valence-electron chi connectivity index (χ0n) is 15.5. The summed E-state index contributed by atoms with van der Waals surface area (Å²) in [5.74, 6) is 0.791. The van der Waals surface area contributed by atoms with Gasteiger partial charge in [0.15, 0.2) is 0 Å². The quantitative estimate of drug-likeness (QED) is 0.472. The highest BCUT2D eigenvalue weighted by Gasteiger charge is 2.04. The van der Waals surface area contributed by atoms with E-state index in [0.717, 1.165) is 23.6 Å². The van der Waals surface area contributed by atoms with Crippen LogP contribution < -0.4 is 11.1 Å². The third kappa shape index (κ3) is 7.26. The van der Waals surface area contributed by atoms with E-state index in [1.54, 1.807) is 18.5 Å². The minimum absolute atomic E-state index is 0.255. The fourth-order valence-corrected chi connectivity index (χ4v) is 2.55. The van der Waals surface area contributed by atoms with Gasteiger partial charge in [-0.2, -0.15) is 0 Å². The molecule has 24 heavy (non-hydrogen) atoms. The lowest BCUT2D eigenvalue weighted by atomic mass is 10.00. The van der Waals surface area contributed by atoms with Crippen LogP contribution in [0.5, 0.6) is 0 Å². The van der Waals surface area contributed by atoms with Crippen molar-refractivity contribution in [3.63, 3.8) is 0 Å². The molecule has 0 saturated heterocycles. The van der Waals surface area contributed by atoms with Crippen molar-refractivity contribution in [3.05, 3.63) is 41.4 Å². The number of nitrogens with one attached hydrogen (secondary N) is 1. The first kappa shape index (κ1) is 20.4. The molecule has 0 fully saturated rings. The Hall–Kier alpha value is -1.68. The molecule has 0 heterocycles. The maximum atomic E-state index is 13.7. The van der Waals surface area contributed by atoms with Gasteiger partial charge in [-0.05, 0) is 60.3 Å². The molecule has 0 bridgehead atoms. The van der Waals surface area contributed by atoms with E-state index >= 15 is 0 Å². The number of benzene rings is 1. The summed E-state index contributed by atoms with van der Waals surface area (Å²) in [6.07, 6.45) is 6.87. The molecular formula is C20H32FN3. The van der Waals surface area contributed by atoms with Crippen molar-refractivity contribution in [1.29, 1.82) is 0 Å². The number of nitrogens with two attached hydrogens (primary N) is 1. The number of aliphatic imine (C=N–C) groups is 1. The van der Waals surface area contributed by atoms with Gasteiger partial charge in [-0.1, -0.05) is 40.5 Å². The highest BCUT2D eigenvalue weighted by atomic mass is 19.1. The largest absolute Gasteiger partial charge is 0.404 e. The normalized spacial score (nSPS) is 12.7. The third-order valence-electron chi connectivity index (χ3n) is 4.38. The molecule has 0 atom stereocenters. The lowest BCUT2D eigenvalue weighted by molar-refractivity contribution is 0.444. The van der Waals surface area contributed by atoms with E-state index in [1.807, 2.05) is 19.9 Å². The summed E-state index contributed by atoms with van der Waals surface area (Å²) >= 11 is 0. The Morgan fingerprint density at radius 3 is 2.54 bits per heavy atom. The average Bonchev–Trinajstić information content (AvgIpc) is 2.57. The fourth-order valence-electron chi connectivity index (χ4n) is 2.55. The zero-order chi connectivity index (χ0) is 17.9. The van der Waals surface area contributed by atoms with Gasteiger partial charge in [-0.3, -0.25) is 4.99 Å². The topological polar surface area (TPSA) is 50.4 Å². The van der Waals surface area contributed by atoms with E-state index in [1.165, 1.54) is 25.3 Å². The molecule has 1 aromatic carbocycles. The summed E-state index contributed by atoms with van der Waals surface area (Å²) in [4.78, 5) is 4.37. The number of rotatable bonds is 10. The van der Waals surface area contributed by atoms with Crippen molar-refractivity contribution in [1.82, 2.24) is 5.32 Å².